The zero-order chi connectivity index (χ0) is 49.3. The van der Waals surface area contributed by atoms with Gasteiger partial charge in [0, 0.05) is 26.8 Å². The van der Waals surface area contributed by atoms with E-state index < -0.39 is 177 Å². The largest absolute Gasteiger partial charge is 0.480 e. The molecule has 0 aromatic rings. The highest BCUT2D eigenvalue weighted by atomic mass is 16.7. The van der Waals surface area contributed by atoms with Crippen LogP contribution >= 0.6 is 0 Å². The minimum Gasteiger partial charge on any atom is -0.480 e. The van der Waals surface area contributed by atoms with Gasteiger partial charge in [-0.25, -0.2) is 9.59 Å². The van der Waals surface area contributed by atoms with Gasteiger partial charge in [0.15, 0.2) is 12.6 Å². The number of nitrogens with one attached hydrogen (secondary N) is 6. The van der Waals surface area contributed by atoms with Gasteiger partial charge < -0.3 is 97.4 Å². The number of rotatable bonds is 26. The number of aliphatic carboxylic acids is 3. The molecule has 15 unspecified atom stereocenters. The normalized spacial score (nSPS) is 27.6. The Bertz CT molecular complexity index is 1680. The standard InChI is InChI=1S/C37H61N7O21/c1-14(31(53)44-20(35(59)60)8-9-23(49)43-19(34(57)58)7-5-6-10-39-24(50)11-18(38)33(55)56)40-32(54)15(2)62-30-26(42-17(4)48)36(61)63-22(13-46)29(30)65-37-25(41-16(3)47)28(52)27(51)21(12-45)64-37/h14-15,18-22,25-30,36-37,45-46,51-52,61H,5-13,38H2,1-4H3,(H,39,50)(H,40,54)(H,41,47)(H,42,48)(H,43,49)(H,44,53)(H,55,56)(H,57,58)(H,59,60). The number of amides is 6. The predicted octanol–water partition coefficient (Wildman–Crippen LogP) is -7.18. The molecule has 2 aliphatic rings. The van der Waals surface area contributed by atoms with E-state index in [4.69, 9.17) is 29.8 Å². The number of nitrogens with two attached hydrogens (primary N) is 1. The molecule has 370 valence electrons. The third-order valence-electron chi connectivity index (χ3n) is 10.1. The van der Waals surface area contributed by atoms with Crippen LogP contribution in [0.4, 0.5) is 0 Å². The first-order chi connectivity index (χ1) is 30.4. The van der Waals surface area contributed by atoms with Crippen molar-refractivity contribution in [3.8, 4) is 0 Å². The number of ether oxygens (including phenoxy) is 4. The zero-order valence-corrected chi connectivity index (χ0v) is 36.0. The molecular weight excluding hydrogens is 878 g/mol. The molecule has 2 heterocycles. The van der Waals surface area contributed by atoms with Crippen molar-refractivity contribution in [2.45, 2.75) is 158 Å². The van der Waals surface area contributed by atoms with Gasteiger partial charge in [-0.3, -0.25) is 33.6 Å². The second kappa shape index (κ2) is 26.7. The Hall–Kier alpha value is -5.17. The average Bonchev–Trinajstić information content (AvgIpc) is 3.22. The Kier molecular flexibility index (Phi) is 23.0. The fourth-order valence-corrected chi connectivity index (χ4v) is 6.63. The van der Waals surface area contributed by atoms with E-state index >= 15 is 0 Å². The molecule has 28 heteroatoms. The van der Waals surface area contributed by atoms with Gasteiger partial charge in [0.05, 0.1) is 19.6 Å². The molecule has 0 saturated carbocycles. The molecule has 0 aromatic heterocycles. The molecule has 2 fully saturated rings. The molecule has 0 aliphatic carbocycles. The van der Waals surface area contributed by atoms with E-state index in [1.165, 1.54) is 13.8 Å². The van der Waals surface area contributed by atoms with Crippen LogP contribution in [0.25, 0.3) is 0 Å². The number of carbonyl (C=O) groups is 9. The molecule has 6 amide bonds. The quantitative estimate of drug-likeness (QED) is 0.0358. The summed E-state index contributed by atoms with van der Waals surface area (Å²) in [4.78, 5) is 110. The summed E-state index contributed by atoms with van der Waals surface area (Å²) >= 11 is 0. The first-order valence-corrected chi connectivity index (χ1v) is 20.4. The predicted molar refractivity (Wildman–Crippen MR) is 213 cm³/mol. The second-order valence-electron chi connectivity index (χ2n) is 15.4. The van der Waals surface area contributed by atoms with Crippen LogP contribution in [-0.2, 0) is 62.1 Å². The van der Waals surface area contributed by atoms with Crippen molar-refractivity contribution < 1.29 is 103 Å². The minimum absolute atomic E-state index is 0.0705. The first kappa shape index (κ1) is 56.0. The highest BCUT2D eigenvalue weighted by Crippen LogP contribution is 2.31. The molecule has 0 radical (unpaired) electrons. The first-order valence-electron chi connectivity index (χ1n) is 20.4. The summed E-state index contributed by atoms with van der Waals surface area (Å²) in [5, 5.41) is 94.0. The molecule has 0 aromatic carbocycles. The van der Waals surface area contributed by atoms with Gasteiger partial charge in [-0.05, 0) is 39.5 Å². The molecule has 15 atom stereocenters. The third kappa shape index (κ3) is 17.6. The van der Waals surface area contributed by atoms with Crippen molar-refractivity contribution >= 4 is 53.4 Å². The van der Waals surface area contributed by atoms with E-state index in [9.17, 15) is 78.9 Å². The van der Waals surface area contributed by atoms with Crippen molar-refractivity contribution in [1.29, 1.82) is 0 Å². The SMILES string of the molecule is CC(=O)NC1C(OC2C(CO)OC(O)C(NC(C)=O)C2OC(C)C(=O)NC(C)C(=O)NC(CCC(=O)NC(CCCCNC(=O)CC(N)C(=O)O)C(=O)O)C(=O)O)OC(CO)C(O)C1O. The third-order valence-corrected chi connectivity index (χ3v) is 10.1. The van der Waals surface area contributed by atoms with Crippen LogP contribution in [0, 0.1) is 0 Å². The summed E-state index contributed by atoms with van der Waals surface area (Å²) in [5.41, 5.74) is 5.30. The molecule has 2 rings (SSSR count). The number of hydrogen-bond donors (Lipinski definition) is 15. The molecule has 2 saturated heterocycles. The Balaban J connectivity index is 2.10. The van der Waals surface area contributed by atoms with E-state index in [-0.39, 0.29) is 25.8 Å². The Morgan fingerprint density at radius 2 is 1.26 bits per heavy atom. The number of aliphatic hydroxyl groups is 5. The van der Waals surface area contributed by atoms with Crippen LogP contribution < -0.4 is 37.6 Å². The van der Waals surface area contributed by atoms with Gasteiger partial charge in [0.1, 0.15) is 79.0 Å². The maximum Gasteiger partial charge on any atom is 0.326 e. The van der Waals surface area contributed by atoms with Crippen LogP contribution in [0.3, 0.4) is 0 Å². The number of carboxylic acid groups (broad SMARTS) is 3. The lowest BCUT2D eigenvalue weighted by Gasteiger charge is -2.48. The van der Waals surface area contributed by atoms with Crippen molar-refractivity contribution in [3.63, 3.8) is 0 Å². The Morgan fingerprint density at radius 3 is 1.82 bits per heavy atom. The van der Waals surface area contributed by atoms with E-state index in [1.54, 1.807) is 0 Å². The van der Waals surface area contributed by atoms with Gasteiger partial charge >= 0.3 is 17.9 Å². The number of hydrogen-bond acceptors (Lipinski definition) is 19. The molecule has 65 heavy (non-hydrogen) atoms. The van der Waals surface area contributed by atoms with Crippen molar-refractivity contribution in [3.05, 3.63) is 0 Å². The number of carbonyl (C=O) groups excluding carboxylic acids is 6. The summed E-state index contributed by atoms with van der Waals surface area (Å²) in [6.07, 6.45) is -16.1. The van der Waals surface area contributed by atoms with Gasteiger partial charge in [0.2, 0.25) is 35.4 Å². The molecule has 16 N–H and O–H groups in total. The molecule has 2 aliphatic heterocycles. The van der Waals surface area contributed by atoms with E-state index in [2.05, 4.69) is 31.9 Å². The lowest BCUT2D eigenvalue weighted by molar-refractivity contribution is -0.333. The maximum absolute atomic E-state index is 13.4. The van der Waals surface area contributed by atoms with Crippen LogP contribution in [-0.4, -0.2) is 206 Å². The lowest BCUT2D eigenvalue weighted by Crippen LogP contribution is -2.70. The average molecular weight is 940 g/mol. The molecular formula is C37H61N7O21. The fraction of sp³-hybridized carbons (Fsp3) is 0.757. The van der Waals surface area contributed by atoms with E-state index in [0.717, 1.165) is 13.8 Å². The monoisotopic (exact) mass is 939 g/mol. The van der Waals surface area contributed by atoms with Gasteiger partial charge in [0.25, 0.3) is 0 Å². The van der Waals surface area contributed by atoms with Crippen LogP contribution in [0.15, 0.2) is 0 Å². The van der Waals surface area contributed by atoms with Crippen LogP contribution in [0.5, 0.6) is 0 Å². The lowest BCUT2D eigenvalue weighted by atomic mass is 9.94. The molecule has 0 spiro atoms. The van der Waals surface area contributed by atoms with E-state index in [0.29, 0.717) is 0 Å². The number of aliphatic hydroxyl groups excluding tert-OH is 5. The maximum atomic E-state index is 13.4. The van der Waals surface area contributed by atoms with Crippen LogP contribution in [0.1, 0.15) is 66.2 Å². The second-order valence-corrected chi connectivity index (χ2v) is 15.4. The van der Waals surface area contributed by atoms with Crippen molar-refractivity contribution in [2.24, 2.45) is 5.73 Å². The number of unbranched alkanes of at least 4 members (excludes halogenated alkanes) is 1. The van der Waals surface area contributed by atoms with Crippen LogP contribution in [0.2, 0.25) is 0 Å². The fourth-order valence-electron chi connectivity index (χ4n) is 6.63. The highest BCUT2D eigenvalue weighted by Gasteiger charge is 2.53. The minimum atomic E-state index is -1.90. The Labute approximate surface area is 371 Å². The number of carboxylic acids is 3. The summed E-state index contributed by atoms with van der Waals surface area (Å²) in [5.74, 6) is -9.34. The topological polar surface area (TPSA) is 451 Å². The Morgan fingerprint density at radius 1 is 0.677 bits per heavy atom. The van der Waals surface area contributed by atoms with Crippen molar-refractivity contribution in [1.82, 2.24) is 31.9 Å². The smallest absolute Gasteiger partial charge is 0.326 e. The van der Waals surface area contributed by atoms with Crippen molar-refractivity contribution in [2.75, 3.05) is 19.8 Å². The summed E-state index contributed by atoms with van der Waals surface area (Å²) in [6.45, 7) is 2.86. The summed E-state index contributed by atoms with van der Waals surface area (Å²) in [6, 6.07) is -9.01. The highest BCUT2D eigenvalue weighted by molar-refractivity contribution is 5.91. The molecule has 0 bridgehead atoms. The summed E-state index contributed by atoms with van der Waals surface area (Å²) in [7, 11) is 0. The molecule has 28 nitrogen and oxygen atoms in total. The zero-order valence-electron chi connectivity index (χ0n) is 36.0. The summed E-state index contributed by atoms with van der Waals surface area (Å²) < 4.78 is 23.1. The van der Waals surface area contributed by atoms with Gasteiger partial charge in [-0.1, -0.05) is 0 Å². The van der Waals surface area contributed by atoms with Gasteiger partial charge in [-0.2, -0.15) is 0 Å². The van der Waals surface area contributed by atoms with Gasteiger partial charge in [-0.15, -0.1) is 0 Å². The van der Waals surface area contributed by atoms with E-state index in [1.807, 2.05) is 0 Å².